The number of benzene rings is 3. The summed E-state index contributed by atoms with van der Waals surface area (Å²) in [6.07, 6.45) is 1.47. The Morgan fingerprint density at radius 3 is 2.42 bits per heavy atom. The molecule has 14 heteroatoms. The largest absolute Gasteiger partial charge is 0.487 e. The average Bonchev–Trinajstić information content (AvgIpc) is 2.99. The maximum atomic E-state index is 12.7. The Morgan fingerprint density at radius 1 is 1.07 bits per heavy atom. The lowest BCUT2D eigenvalue weighted by atomic mass is 9.95. The molecule has 4 N–H and O–H groups in total. The first-order valence-corrected chi connectivity index (χ1v) is 15.5. The highest BCUT2D eigenvalue weighted by Gasteiger charge is 2.32. The van der Waals surface area contributed by atoms with Crippen molar-refractivity contribution in [2.45, 2.75) is 26.5 Å². The number of allylic oxidation sites excluding steroid dienone is 1. The molecular formula is C31H28Br2N4O7S. The zero-order valence-electron chi connectivity index (χ0n) is 24.1. The SMILES string of the molecule is CCOC(=O)C1=C(C)NC(=S)N[C@@H]1c1ccccc1OCC(=O)NN=Cc1cc(Br)c(OCc2ccc(C(=O)O)cc2)c(Br)c1. The van der Waals surface area contributed by atoms with Crippen molar-refractivity contribution in [3.63, 3.8) is 0 Å². The summed E-state index contributed by atoms with van der Waals surface area (Å²) in [5.74, 6) is -1.05. The molecule has 234 valence electrons. The van der Waals surface area contributed by atoms with E-state index < -0.39 is 23.9 Å². The van der Waals surface area contributed by atoms with E-state index in [1.165, 1.54) is 18.3 Å². The van der Waals surface area contributed by atoms with Gasteiger partial charge >= 0.3 is 11.9 Å². The van der Waals surface area contributed by atoms with Gasteiger partial charge in [0.25, 0.3) is 5.91 Å². The minimum Gasteiger partial charge on any atom is -0.487 e. The van der Waals surface area contributed by atoms with Gasteiger partial charge < -0.3 is 30.0 Å². The lowest BCUT2D eigenvalue weighted by Gasteiger charge is -2.30. The van der Waals surface area contributed by atoms with Gasteiger partial charge in [0.15, 0.2) is 11.7 Å². The van der Waals surface area contributed by atoms with Crippen molar-refractivity contribution in [1.82, 2.24) is 16.1 Å². The van der Waals surface area contributed by atoms with Gasteiger partial charge in [0.1, 0.15) is 18.1 Å². The lowest BCUT2D eigenvalue weighted by molar-refractivity contribution is -0.139. The van der Waals surface area contributed by atoms with E-state index in [-0.39, 0.29) is 25.4 Å². The maximum absolute atomic E-state index is 12.7. The topological polar surface area (TPSA) is 148 Å². The quantitative estimate of drug-likeness (QED) is 0.0823. The molecule has 3 aromatic rings. The number of para-hydroxylation sites is 1. The number of carboxylic acids is 1. The maximum Gasteiger partial charge on any atom is 0.338 e. The number of esters is 1. The Morgan fingerprint density at radius 2 is 1.76 bits per heavy atom. The van der Waals surface area contributed by atoms with Gasteiger partial charge in [-0.15, -0.1) is 0 Å². The van der Waals surface area contributed by atoms with Gasteiger partial charge in [-0.25, -0.2) is 15.0 Å². The first kappa shape index (κ1) is 33.6. The number of hydrogen-bond acceptors (Lipinski definition) is 8. The number of amides is 1. The number of nitrogens with zero attached hydrogens (tertiary/aromatic N) is 1. The standard InChI is InChI=1S/C31H28Br2N4O7S/c1-3-42-30(41)26-17(2)35-31(45)36-27(26)21-6-4-5-7-24(21)43-16-25(38)37-34-14-19-12-22(32)28(23(33)13-19)44-15-18-8-10-20(11-9-18)29(39)40/h4-14,27H,3,15-16H2,1-2H3,(H,37,38)(H,39,40)(H2,35,36,45)/t27-/m1/s1. The zero-order valence-corrected chi connectivity index (χ0v) is 28.0. The summed E-state index contributed by atoms with van der Waals surface area (Å²) >= 11 is 12.3. The number of carbonyl (C=O) groups is 3. The van der Waals surface area contributed by atoms with E-state index in [0.29, 0.717) is 48.0 Å². The van der Waals surface area contributed by atoms with Gasteiger partial charge in [-0.05, 0) is 99.4 Å². The molecule has 11 nitrogen and oxygen atoms in total. The van der Waals surface area contributed by atoms with E-state index in [4.69, 9.17) is 31.5 Å². The Bertz CT molecular complexity index is 1660. The van der Waals surface area contributed by atoms with E-state index in [1.54, 1.807) is 62.4 Å². The summed E-state index contributed by atoms with van der Waals surface area (Å²) in [4.78, 5) is 36.4. The number of nitrogens with one attached hydrogen (secondary N) is 3. The molecule has 1 aliphatic heterocycles. The molecule has 45 heavy (non-hydrogen) atoms. The van der Waals surface area contributed by atoms with Gasteiger partial charge in [0, 0.05) is 11.3 Å². The third-order valence-corrected chi connectivity index (χ3v) is 7.76. The number of hydrogen-bond donors (Lipinski definition) is 4. The van der Waals surface area contributed by atoms with E-state index in [0.717, 1.165) is 5.56 Å². The third kappa shape index (κ3) is 8.90. The highest BCUT2D eigenvalue weighted by Crippen LogP contribution is 2.35. The van der Waals surface area contributed by atoms with Crippen LogP contribution in [0, 0.1) is 0 Å². The lowest BCUT2D eigenvalue weighted by Crippen LogP contribution is -2.45. The van der Waals surface area contributed by atoms with Crippen molar-refractivity contribution in [2.24, 2.45) is 5.10 Å². The molecule has 0 radical (unpaired) electrons. The molecule has 4 rings (SSSR count). The zero-order chi connectivity index (χ0) is 32.5. The normalized spacial score (nSPS) is 14.4. The fraction of sp³-hybridized carbons (Fsp3) is 0.194. The van der Waals surface area contributed by atoms with Crippen LogP contribution in [0.3, 0.4) is 0 Å². The van der Waals surface area contributed by atoms with E-state index in [2.05, 4.69) is 53.0 Å². The first-order valence-electron chi connectivity index (χ1n) is 13.5. The molecule has 1 atom stereocenters. The summed E-state index contributed by atoms with van der Waals surface area (Å²) in [6, 6.07) is 16.3. The molecule has 0 fully saturated rings. The summed E-state index contributed by atoms with van der Waals surface area (Å²) < 4.78 is 18.3. The predicted molar refractivity (Wildman–Crippen MR) is 178 cm³/mol. The van der Waals surface area contributed by atoms with Crippen molar-refractivity contribution in [3.05, 3.63) is 103 Å². The highest BCUT2D eigenvalue weighted by atomic mass is 79.9. The molecule has 0 unspecified atom stereocenters. The van der Waals surface area contributed by atoms with Crippen LogP contribution >= 0.6 is 44.1 Å². The smallest absolute Gasteiger partial charge is 0.338 e. The van der Waals surface area contributed by atoms with Gasteiger partial charge in [0.05, 0.1) is 38.9 Å². The fourth-order valence-corrected chi connectivity index (χ4v) is 6.02. The second-order valence-corrected chi connectivity index (χ2v) is 11.6. The van der Waals surface area contributed by atoms with Crippen LogP contribution in [0.2, 0.25) is 0 Å². The molecule has 0 saturated carbocycles. The van der Waals surface area contributed by atoms with Crippen LogP contribution in [0.25, 0.3) is 0 Å². The second-order valence-electron chi connectivity index (χ2n) is 9.51. The highest BCUT2D eigenvalue weighted by molar-refractivity contribution is 9.11. The number of carbonyl (C=O) groups excluding carboxylic acids is 2. The van der Waals surface area contributed by atoms with Crippen LogP contribution in [0.5, 0.6) is 11.5 Å². The van der Waals surface area contributed by atoms with Gasteiger partial charge in [0.2, 0.25) is 0 Å². The minimum absolute atomic E-state index is 0.199. The fourth-order valence-electron chi connectivity index (χ4n) is 4.30. The molecule has 0 spiro atoms. The van der Waals surface area contributed by atoms with Crippen molar-refractivity contribution >= 4 is 73.3 Å². The predicted octanol–water partition coefficient (Wildman–Crippen LogP) is 5.37. The summed E-state index contributed by atoms with van der Waals surface area (Å²) in [7, 11) is 0. The van der Waals surface area contributed by atoms with Crippen LogP contribution in [-0.2, 0) is 20.9 Å². The molecule has 1 amide bonds. The number of carboxylic acid groups (broad SMARTS) is 1. The Labute approximate surface area is 281 Å². The second kappa shape index (κ2) is 15.6. The monoisotopic (exact) mass is 758 g/mol. The average molecular weight is 760 g/mol. The van der Waals surface area contributed by atoms with Crippen molar-refractivity contribution in [1.29, 1.82) is 0 Å². The minimum atomic E-state index is -0.992. The molecule has 0 aliphatic carbocycles. The molecule has 0 saturated heterocycles. The Kier molecular flexibility index (Phi) is 11.7. The van der Waals surface area contributed by atoms with E-state index in [9.17, 15) is 14.4 Å². The molecular weight excluding hydrogens is 732 g/mol. The molecule has 1 aliphatic rings. The number of halogens is 2. The Balaban J connectivity index is 1.36. The molecule has 0 aromatic heterocycles. The molecule has 1 heterocycles. The Hall–Kier alpha value is -4.27. The number of hydrazone groups is 1. The van der Waals surface area contributed by atoms with E-state index >= 15 is 0 Å². The van der Waals surface area contributed by atoms with Crippen LogP contribution < -0.4 is 25.5 Å². The van der Waals surface area contributed by atoms with Crippen molar-refractivity contribution in [3.8, 4) is 11.5 Å². The third-order valence-electron chi connectivity index (χ3n) is 6.36. The molecule has 0 bridgehead atoms. The van der Waals surface area contributed by atoms with Gasteiger partial charge in [-0.2, -0.15) is 5.10 Å². The number of rotatable bonds is 12. The summed E-state index contributed by atoms with van der Waals surface area (Å²) in [5.41, 5.74) is 5.64. The number of ether oxygens (including phenoxy) is 3. The first-order chi connectivity index (χ1) is 21.6. The summed E-state index contributed by atoms with van der Waals surface area (Å²) in [6.45, 7) is 3.57. The van der Waals surface area contributed by atoms with Crippen LogP contribution in [-0.4, -0.2) is 47.5 Å². The molecule has 3 aromatic carbocycles. The van der Waals surface area contributed by atoms with Crippen molar-refractivity contribution < 1.29 is 33.7 Å². The van der Waals surface area contributed by atoms with E-state index in [1.807, 2.05) is 0 Å². The summed E-state index contributed by atoms with van der Waals surface area (Å²) in [5, 5.41) is 19.5. The number of thiocarbonyl (C=S) groups is 1. The van der Waals surface area contributed by atoms with Gasteiger partial charge in [-0.3, -0.25) is 4.79 Å². The number of aromatic carboxylic acids is 1. The van der Waals surface area contributed by atoms with Crippen LogP contribution in [0.4, 0.5) is 0 Å². The van der Waals surface area contributed by atoms with Gasteiger partial charge in [-0.1, -0.05) is 30.3 Å². The van der Waals surface area contributed by atoms with Crippen molar-refractivity contribution in [2.75, 3.05) is 13.2 Å². The van der Waals surface area contributed by atoms with Crippen LogP contribution in [0.1, 0.15) is 46.9 Å². The van der Waals surface area contributed by atoms with Crippen LogP contribution in [0.15, 0.2) is 86.0 Å².